The molecule has 0 aromatic carbocycles. The molecule has 4 N–H and O–H groups in total. The summed E-state index contributed by atoms with van der Waals surface area (Å²) in [4.78, 5) is 12.0. The van der Waals surface area contributed by atoms with Crippen molar-refractivity contribution in [2.45, 2.75) is 26.8 Å². The summed E-state index contributed by atoms with van der Waals surface area (Å²) >= 11 is 1.19. The van der Waals surface area contributed by atoms with Crippen molar-refractivity contribution in [2.24, 2.45) is 0 Å². The second-order valence-electron chi connectivity index (χ2n) is 4.02. The summed E-state index contributed by atoms with van der Waals surface area (Å²) in [6.07, 6.45) is 0. The zero-order chi connectivity index (χ0) is 13.5. The normalized spacial score (nSPS) is 10.7. The number of rotatable bonds is 7. The lowest BCUT2D eigenvalue weighted by Crippen LogP contribution is -2.31. The molecule has 0 radical (unpaired) electrons. The maximum atomic E-state index is 12.0. The highest BCUT2D eigenvalue weighted by molar-refractivity contribution is 7.11. The van der Waals surface area contributed by atoms with Gasteiger partial charge in [0.2, 0.25) is 0 Å². The van der Waals surface area contributed by atoms with Crippen LogP contribution in [-0.2, 0) is 4.74 Å². The SMILES string of the molecule is CCOCCNc1snc(N)c1C(=O)NC(C)C. The summed E-state index contributed by atoms with van der Waals surface area (Å²) < 4.78 is 9.22. The third-order valence-corrected chi connectivity index (χ3v) is 2.92. The van der Waals surface area contributed by atoms with E-state index in [1.165, 1.54) is 11.5 Å². The first-order valence-electron chi connectivity index (χ1n) is 5.93. The molecule has 0 bridgehead atoms. The van der Waals surface area contributed by atoms with Crippen LogP contribution in [0.5, 0.6) is 0 Å². The first-order chi connectivity index (χ1) is 8.56. The third-order valence-electron chi connectivity index (χ3n) is 2.10. The van der Waals surface area contributed by atoms with Gasteiger partial charge in [0.05, 0.1) is 6.61 Å². The predicted molar refractivity (Wildman–Crippen MR) is 74.1 cm³/mol. The molecular formula is C11H20N4O2S. The molecule has 102 valence electrons. The maximum Gasteiger partial charge on any atom is 0.258 e. The molecule has 0 aliphatic carbocycles. The monoisotopic (exact) mass is 272 g/mol. The van der Waals surface area contributed by atoms with Crippen LogP contribution in [0.3, 0.4) is 0 Å². The van der Waals surface area contributed by atoms with Crippen LogP contribution in [0.1, 0.15) is 31.1 Å². The Balaban J connectivity index is 2.66. The third kappa shape index (κ3) is 4.15. The molecule has 1 aromatic rings. The standard InChI is InChI=1S/C11H20N4O2S/c1-4-17-6-5-13-11-8(9(12)15-18-11)10(16)14-7(2)3/h7,13H,4-6H2,1-3H3,(H2,12,15)(H,14,16). The summed E-state index contributed by atoms with van der Waals surface area (Å²) in [6.45, 7) is 7.61. The van der Waals surface area contributed by atoms with Gasteiger partial charge < -0.3 is 21.1 Å². The molecule has 0 saturated carbocycles. The zero-order valence-electron chi connectivity index (χ0n) is 10.9. The molecule has 1 rings (SSSR count). The van der Waals surface area contributed by atoms with Crippen molar-refractivity contribution in [3.63, 3.8) is 0 Å². The average molecular weight is 272 g/mol. The molecule has 1 aromatic heterocycles. The van der Waals surface area contributed by atoms with Crippen LogP contribution in [0, 0.1) is 0 Å². The van der Waals surface area contributed by atoms with Gasteiger partial charge in [-0.15, -0.1) is 0 Å². The Bertz CT molecular complexity index is 392. The van der Waals surface area contributed by atoms with E-state index >= 15 is 0 Å². The highest BCUT2D eigenvalue weighted by Gasteiger charge is 2.19. The van der Waals surface area contributed by atoms with Crippen molar-refractivity contribution in [1.29, 1.82) is 0 Å². The van der Waals surface area contributed by atoms with Gasteiger partial charge in [0, 0.05) is 19.2 Å². The maximum absolute atomic E-state index is 12.0. The lowest BCUT2D eigenvalue weighted by Gasteiger charge is -2.10. The van der Waals surface area contributed by atoms with Gasteiger partial charge in [0.25, 0.3) is 5.91 Å². The highest BCUT2D eigenvalue weighted by atomic mass is 32.1. The topological polar surface area (TPSA) is 89.3 Å². The minimum absolute atomic E-state index is 0.0630. The van der Waals surface area contributed by atoms with Gasteiger partial charge in [0.1, 0.15) is 10.6 Å². The largest absolute Gasteiger partial charge is 0.382 e. The number of hydrogen-bond donors (Lipinski definition) is 3. The van der Waals surface area contributed by atoms with Gasteiger partial charge in [-0.05, 0) is 32.3 Å². The van der Waals surface area contributed by atoms with E-state index in [2.05, 4.69) is 15.0 Å². The molecule has 0 aliphatic rings. The molecule has 0 fully saturated rings. The van der Waals surface area contributed by atoms with Gasteiger partial charge in [-0.1, -0.05) is 0 Å². The second kappa shape index (κ2) is 7.17. The van der Waals surface area contributed by atoms with Gasteiger partial charge in [0.15, 0.2) is 5.82 Å². The number of nitrogens with zero attached hydrogens (tertiary/aromatic N) is 1. The van der Waals surface area contributed by atoms with E-state index in [4.69, 9.17) is 10.5 Å². The predicted octanol–water partition coefficient (Wildman–Crippen LogP) is 1.31. The van der Waals surface area contributed by atoms with E-state index in [0.717, 1.165) is 0 Å². The molecule has 0 aliphatic heterocycles. The van der Waals surface area contributed by atoms with Crippen LogP contribution in [0.2, 0.25) is 0 Å². The van der Waals surface area contributed by atoms with Crippen LogP contribution in [-0.4, -0.2) is 36.1 Å². The smallest absolute Gasteiger partial charge is 0.258 e. The van der Waals surface area contributed by atoms with Crippen molar-refractivity contribution < 1.29 is 9.53 Å². The number of nitrogen functional groups attached to an aromatic ring is 1. The Labute approximate surface area is 111 Å². The fourth-order valence-corrected chi connectivity index (χ4v) is 2.09. The lowest BCUT2D eigenvalue weighted by molar-refractivity contribution is 0.0945. The number of nitrogens with one attached hydrogen (secondary N) is 2. The van der Waals surface area contributed by atoms with Crippen LogP contribution >= 0.6 is 11.5 Å². The Morgan fingerprint density at radius 3 is 2.89 bits per heavy atom. The van der Waals surface area contributed by atoms with Crippen molar-refractivity contribution in [3.8, 4) is 0 Å². The summed E-state index contributed by atoms with van der Waals surface area (Å²) in [5.74, 6) is 0.0622. The van der Waals surface area contributed by atoms with Crippen molar-refractivity contribution in [1.82, 2.24) is 9.69 Å². The van der Waals surface area contributed by atoms with E-state index in [0.29, 0.717) is 30.3 Å². The van der Waals surface area contributed by atoms with E-state index in [1.807, 2.05) is 20.8 Å². The number of anilines is 2. The van der Waals surface area contributed by atoms with Crippen LogP contribution < -0.4 is 16.4 Å². The van der Waals surface area contributed by atoms with E-state index in [9.17, 15) is 4.79 Å². The second-order valence-corrected chi connectivity index (χ2v) is 4.80. The van der Waals surface area contributed by atoms with Crippen molar-refractivity contribution in [3.05, 3.63) is 5.56 Å². The Hall–Kier alpha value is -1.34. The number of carbonyl (C=O) groups is 1. The first-order valence-corrected chi connectivity index (χ1v) is 6.71. The molecule has 0 saturated heterocycles. The van der Waals surface area contributed by atoms with Gasteiger partial charge in [-0.3, -0.25) is 4.79 Å². The molecule has 0 atom stereocenters. The van der Waals surface area contributed by atoms with E-state index in [1.54, 1.807) is 0 Å². The van der Waals surface area contributed by atoms with Crippen LogP contribution in [0.25, 0.3) is 0 Å². The van der Waals surface area contributed by atoms with E-state index < -0.39 is 0 Å². The van der Waals surface area contributed by atoms with Gasteiger partial charge in [-0.25, -0.2) is 0 Å². The molecule has 0 spiro atoms. The minimum Gasteiger partial charge on any atom is -0.382 e. The molecule has 6 nitrogen and oxygen atoms in total. The molecule has 1 amide bonds. The van der Waals surface area contributed by atoms with Gasteiger partial charge >= 0.3 is 0 Å². The Morgan fingerprint density at radius 1 is 1.56 bits per heavy atom. The fraction of sp³-hybridized carbons (Fsp3) is 0.636. The van der Waals surface area contributed by atoms with Gasteiger partial charge in [-0.2, -0.15) is 4.37 Å². The number of ether oxygens (including phenoxy) is 1. The summed E-state index contributed by atoms with van der Waals surface area (Å²) in [5, 5.41) is 6.60. The van der Waals surface area contributed by atoms with Crippen molar-refractivity contribution in [2.75, 3.05) is 30.8 Å². The number of amides is 1. The lowest BCUT2D eigenvalue weighted by atomic mass is 10.2. The summed E-state index contributed by atoms with van der Waals surface area (Å²) in [6, 6.07) is 0.0630. The number of carbonyl (C=O) groups excluding carboxylic acids is 1. The van der Waals surface area contributed by atoms with Crippen LogP contribution in [0.4, 0.5) is 10.8 Å². The Morgan fingerprint density at radius 2 is 2.28 bits per heavy atom. The molecular weight excluding hydrogens is 252 g/mol. The minimum atomic E-state index is -0.199. The first kappa shape index (κ1) is 14.7. The number of nitrogens with two attached hydrogens (primary N) is 1. The Kier molecular flexibility index (Phi) is 5.87. The molecule has 1 heterocycles. The molecule has 18 heavy (non-hydrogen) atoms. The molecule has 0 unspecified atom stereocenters. The number of aromatic nitrogens is 1. The summed E-state index contributed by atoms with van der Waals surface area (Å²) in [5.41, 5.74) is 6.14. The van der Waals surface area contributed by atoms with Crippen molar-refractivity contribution >= 4 is 28.3 Å². The molecule has 7 heteroatoms. The number of hydrogen-bond acceptors (Lipinski definition) is 6. The average Bonchev–Trinajstić information content (AvgIpc) is 2.65. The summed E-state index contributed by atoms with van der Waals surface area (Å²) in [7, 11) is 0. The zero-order valence-corrected chi connectivity index (χ0v) is 11.8. The highest BCUT2D eigenvalue weighted by Crippen LogP contribution is 2.26. The van der Waals surface area contributed by atoms with Crippen LogP contribution in [0.15, 0.2) is 0 Å². The fourth-order valence-electron chi connectivity index (χ4n) is 1.36. The quantitative estimate of drug-likeness (QED) is 0.651. The van der Waals surface area contributed by atoms with E-state index in [-0.39, 0.29) is 17.8 Å².